The van der Waals surface area contributed by atoms with E-state index < -0.39 is 17.6 Å². The smallest absolute Gasteiger partial charge is 0.870 e. The van der Waals surface area contributed by atoms with Gasteiger partial charge in [0.25, 0.3) is 0 Å². The van der Waals surface area contributed by atoms with E-state index in [2.05, 4.69) is 0 Å². The zero-order valence-electron chi connectivity index (χ0n) is 6.72. The minimum absolute atomic E-state index is 0. The molecule has 0 aliphatic heterocycles. The molecule has 2 nitrogen and oxygen atoms in total. The average molecular weight is 208 g/mol. The fourth-order valence-electron chi connectivity index (χ4n) is 0.760. The van der Waals surface area contributed by atoms with E-state index in [0.29, 0.717) is 12.1 Å². The number of halogens is 4. The topological polar surface area (TPSA) is 60.0 Å². The third-order valence-electron chi connectivity index (χ3n) is 1.30. The minimum Gasteiger partial charge on any atom is -0.870 e. The number of benzene rings is 1. The zero-order valence-corrected chi connectivity index (χ0v) is 6.72. The summed E-state index contributed by atoms with van der Waals surface area (Å²) in [7, 11) is 5.06. The van der Waals surface area contributed by atoms with Gasteiger partial charge in [-0.2, -0.15) is 0 Å². The molecule has 0 radical (unpaired) electrons. The Morgan fingerprint density at radius 2 is 1.57 bits per heavy atom. The Bertz CT molecular complexity index is 300. The van der Waals surface area contributed by atoms with Crippen LogP contribution in [0, 0.1) is 5.82 Å². The number of hydrogen-bond acceptors (Lipinski definition) is 2. The second kappa shape index (κ2) is 4.97. The monoisotopic (exact) mass is 208 g/mol. The summed E-state index contributed by atoms with van der Waals surface area (Å²) in [5.41, 5.74) is -1.44. The van der Waals surface area contributed by atoms with Crippen molar-refractivity contribution in [3.8, 4) is 0 Å². The van der Waals surface area contributed by atoms with Crippen LogP contribution in [0.1, 0.15) is 5.56 Å². The molecule has 1 aromatic carbocycles. The minimum atomic E-state index is -4.68. The van der Waals surface area contributed by atoms with Gasteiger partial charge in [0.05, 0.1) is 0 Å². The van der Waals surface area contributed by atoms with Crippen molar-refractivity contribution >= 4 is 13.3 Å². The summed E-state index contributed by atoms with van der Waals surface area (Å²) in [6.07, 6.45) is -4.68. The molecule has 14 heavy (non-hydrogen) atoms. The summed E-state index contributed by atoms with van der Waals surface area (Å²) in [4.78, 5) is 0. The first-order valence-corrected chi connectivity index (χ1v) is 3.03. The van der Waals surface area contributed by atoms with Crippen LogP contribution in [0.15, 0.2) is 18.2 Å². The number of alkyl halides is 3. The van der Waals surface area contributed by atoms with E-state index in [1.165, 1.54) is 0 Å². The summed E-state index contributed by atoms with van der Waals surface area (Å²) in [5, 5.41) is 0. The molecule has 0 heterocycles. The van der Waals surface area contributed by atoms with Gasteiger partial charge in [0.2, 0.25) is 0 Å². The molecule has 1 aromatic rings. The van der Waals surface area contributed by atoms with Gasteiger partial charge >= 0.3 is 66.6 Å². The molecule has 0 fully saturated rings. The summed E-state index contributed by atoms with van der Waals surface area (Å²) in [5.74, 6) is -1.31. The van der Waals surface area contributed by atoms with Crippen LogP contribution in [-0.2, 0) is 6.18 Å². The Balaban J connectivity index is 0. The van der Waals surface area contributed by atoms with E-state index >= 15 is 0 Å². The zero-order chi connectivity index (χ0) is 9.35. The quantitative estimate of drug-likeness (QED) is 0.476. The molecule has 0 saturated carbocycles. The standard InChI is InChI=1S/C7H3BF4.2H2O/c8-4-1-2-6(9)5(3-4)7(10,11)12;;/h1-3H;2*1H2/q+2;;/p-2. The van der Waals surface area contributed by atoms with Crippen LogP contribution in [0.2, 0.25) is 0 Å². The van der Waals surface area contributed by atoms with Crippen LogP contribution in [-0.4, -0.2) is 18.8 Å². The Morgan fingerprint density at radius 3 is 1.93 bits per heavy atom. The third-order valence-corrected chi connectivity index (χ3v) is 1.30. The van der Waals surface area contributed by atoms with E-state index in [9.17, 15) is 17.6 Å². The molecule has 0 spiro atoms. The second-order valence-electron chi connectivity index (χ2n) is 2.24. The molecule has 0 aliphatic rings. The van der Waals surface area contributed by atoms with E-state index in [4.69, 9.17) is 7.85 Å². The van der Waals surface area contributed by atoms with Crippen LogP contribution in [0.4, 0.5) is 17.6 Å². The SMILES string of the molecule is [B+2]c1ccc(F)c(C(F)(F)F)c1.[OH-].[OH-]. The number of hydrogen-bond donors (Lipinski definition) is 0. The van der Waals surface area contributed by atoms with Crippen molar-refractivity contribution in [1.82, 2.24) is 0 Å². The van der Waals surface area contributed by atoms with Gasteiger partial charge in [0.15, 0.2) is 0 Å². The molecule has 7 heteroatoms. The van der Waals surface area contributed by atoms with Gasteiger partial charge in [-0.05, 0) is 0 Å². The normalized spacial score (nSPS) is 10.1. The molecular weight excluding hydrogens is 203 g/mol. The fraction of sp³-hybridized carbons (Fsp3) is 0.143. The molecule has 0 saturated heterocycles. The third kappa shape index (κ3) is 3.35. The molecule has 0 bridgehead atoms. The molecular formula is C7H5BF4O2. The first kappa shape index (κ1) is 15.4. The molecule has 2 N–H and O–H groups in total. The summed E-state index contributed by atoms with van der Waals surface area (Å²) in [6.45, 7) is 0. The van der Waals surface area contributed by atoms with Crippen molar-refractivity contribution in [3.05, 3.63) is 29.6 Å². The predicted molar refractivity (Wildman–Crippen MR) is 40.7 cm³/mol. The van der Waals surface area contributed by atoms with Crippen LogP contribution in [0.5, 0.6) is 0 Å². The van der Waals surface area contributed by atoms with Gasteiger partial charge in [-0.1, -0.05) is 0 Å². The summed E-state index contributed by atoms with van der Waals surface area (Å²) in [6, 6.07) is 2.33. The first-order chi connectivity index (χ1) is 5.41. The van der Waals surface area contributed by atoms with Crippen molar-refractivity contribution in [3.63, 3.8) is 0 Å². The number of rotatable bonds is 0. The molecule has 0 atom stereocenters. The maximum atomic E-state index is 12.5. The maximum Gasteiger partial charge on any atom is -0.870 e. The van der Waals surface area contributed by atoms with Crippen molar-refractivity contribution < 1.29 is 28.5 Å². The summed E-state index contributed by atoms with van der Waals surface area (Å²) < 4.78 is 48.3. The maximum absolute atomic E-state index is 12.5. The molecule has 0 aromatic heterocycles. The molecule has 76 valence electrons. The summed E-state index contributed by atoms with van der Waals surface area (Å²) >= 11 is 0. The van der Waals surface area contributed by atoms with Gasteiger partial charge in [-0.25, -0.2) is 0 Å². The largest absolute Gasteiger partial charge is 0.870 e. The van der Waals surface area contributed by atoms with Crippen LogP contribution in [0.25, 0.3) is 0 Å². The molecule has 0 aliphatic carbocycles. The average Bonchev–Trinajstić information content (AvgIpc) is 1.92. The van der Waals surface area contributed by atoms with Gasteiger partial charge in [-0.15, -0.1) is 0 Å². The van der Waals surface area contributed by atoms with Crippen molar-refractivity contribution in [1.29, 1.82) is 0 Å². The molecule has 0 amide bonds. The van der Waals surface area contributed by atoms with Crippen LogP contribution in [0.3, 0.4) is 0 Å². The fourth-order valence-corrected chi connectivity index (χ4v) is 0.760. The van der Waals surface area contributed by atoms with E-state index in [0.717, 1.165) is 6.07 Å². The predicted octanol–water partition coefficient (Wildman–Crippen LogP) is 1.28. The van der Waals surface area contributed by atoms with Gasteiger partial charge in [-0.3, -0.25) is 0 Å². The Kier molecular flexibility index (Phi) is 5.47. The molecule has 0 unspecified atom stereocenters. The Labute approximate surface area is 78.6 Å². The van der Waals surface area contributed by atoms with Gasteiger partial charge in [0.1, 0.15) is 0 Å². The van der Waals surface area contributed by atoms with Crippen LogP contribution >= 0.6 is 0 Å². The first-order valence-electron chi connectivity index (χ1n) is 3.03. The molecule has 1 rings (SSSR count). The Hall–Kier alpha value is -1.08. The van der Waals surface area contributed by atoms with Gasteiger partial charge in [0, 0.05) is 0 Å². The van der Waals surface area contributed by atoms with Crippen molar-refractivity contribution in [2.75, 3.05) is 0 Å². The van der Waals surface area contributed by atoms with Crippen LogP contribution < -0.4 is 5.46 Å². The van der Waals surface area contributed by atoms with Gasteiger partial charge < -0.3 is 11.0 Å². The van der Waals surface area contributed by atoms with Crippen molar-refractivity contribution in [2.24, 2.45) is 0 Å². The second-order valence-corrected chi connectivity index (χ2v) is 2.24. The van der Waals surface area contributed by atoms with Crippen molar-refractivity contribution in [2.45, 2.75) is 6.18 Å². The van der Waals surface area contributed by atoms with E-state index in [-0.39, 0.29) is 16.4 Å². The Morgan fingerprint density at radius 1 is 1.07 bits per heavy atom. The van der Waals surface area contributed by atoms with E-state index in [1.54, 1.807) is 0 Å². The van der Waals surface area contributed by atoms with E-state index in [1.807, 2.05) is 0 Å².